The Morgan fingerprint density at radius 3 is 2.89 bits per heavy atom. The van der Waals surface area contributed by atoms with E-state index in [9.17, 15) is 0 Å². The lowest BCUT2D eigenvalue weighted by atomic mass is 10.1. The van der Waals surface area contributed by atoms with Crippen molar-refractivity contribution in [3.63, 3.8) is 0 Å². The van der Waals surface area contributed by atoms with Gasteiger partial charge in [0.15, 0.2) is 0 Å². The van der Waals surface area contributed by atoms with Gasteiger partial charge in [-0.15, -0.1) is 0 Å². The number of hydrogen-bond donors (Lipinski definition) is 1. The number of nitrogen functional groups attached to an aromatic ring is 1. The van der Waals surface area contributed by atoms with E-state index < -0.39 is 0 Å². The van der Waals surface area contributed by atoms with Crippen LogP contribution in [0.25, 0.3) is 0 Å². The molecular formula is C14H26N4O. The van der Waals surface area contributed by atoms with Crippen LogP contribution in [0.3, 0.4) is 0 Å². The molecule has 1 fully saturated rings. The third-order valence-electron chi connectivity index (χ3n) is 3.92. The highest BCUT2D eigenvalue weighted by Gasteiger charge is 2.21. The van der Waals surface area contributed by atoms with Crippen molar-refractivity contribution in [2.75, 3.05) is 25.9 Å². The van der Waals surface area contributed by atoms with E-state index in [2.05, 4.69) is 24.0 Å². The van der Waals surface area contributed by atoms with Crippen molar-refractivity contribution < 1.29 is 4.74 Å². The molecule has 19 heavy (non-hydrogen) atoms. The molecule has 2 rings (SSSR count). The molecule has 0 saturated carbocycles. The first kappa shape index (κ1) is 14.2. The van der Waals surface area contributed by atoms with Gasteiger partial charge in [0.2, 0.25) is 5.88 Å². The van der Waals surface area contributed by atoms with E-state index in [1.54, 1.807) is 0 Å². The van der Waals surface area contributed by atoms with Crippen LogP contribution < -0.4 is 10.5 Å². The Hall–Kier alpha value is -1.23. The molecule has 1 aromatic heterocycles. The minimum absolute atomic E-state index is 0.657. The maximum Gasteiger partial charge on any atom is 0.236 e. The fourth-order valence-electron chi connectivity index (χ4n) is 2.73. The van der Waals surface area contributed by atoms with Gasteiger partial charge in [-0.25, -0.2) is 4.68 Å². The molecule has 0 bridgehead atoms. The topological polar surface area (TPSA) is 56.3 Å². The molecule has 1 atom stereocenters. The summed E-state index contributed by atoms with van der Waals surface area (Å²) in [6.45, 7) is 6.84. The molecular weight excluding hydrogens is 240 g/mol. The second-order valence-electron chi connectivity index (χ2n) is 5.44. The van der Waals surface area contributed by atoms with Crippen molar-refractivity contribution in [2.24, 2.45) is 0 Å². The van der Waals surface area contributed by atoms with E-state index in [0.717, 1.165) is 31.0 Å². The van der Waals surface area contributed by atoms with Crippen molar-refractivity contribution in [1.82, 2.24) is 14.7 Å². The summed E-state index contributed by atoms with van der Waals surface area (Å²) in [5, 5.41) is 4.42. The number of hydrogen-bond acceptors (Lipinski definition) is 4. The van der Waals surface area contributed by atoms with E-state index in [-0.39, 0.29) is 0 Å². The molecule has 1 aliphatic heterocycles. The largest absolute Gasteiger partial charge is 0.476 e. The number of aryl methyl sites for hydroxylation is 2. The van der Waals surface area contributed by atoms with Crippen LogP contribution in [0.5, 0.6) is 5.88 Å². The second-order valence-corrected chi connectivity index (χ2v) is 5.44. The van der Waals surface area contributed by atoms with Crippen LogP contribution in [-0.4, -0.2) is 40.9 Å². The Morgan fingerprint density at radius 1 is 1.47 bits per heavy atom. The molecule has 1 unspecified atom stereocenters. The number of rotatable bonds is 6. The van der Waals surface area contributed by atoms with Gasteiger partial charge in [-0.2, -0.15) is 5.10 Å². The van der Waals surface area contributed by atoms with Crippen molar-refractivity contribution in [3.8, 4) is 5.88 Å². The number of nitrogens with zero attached hydrogens (tertiary/aromatic N) is 3. The molecule has 0 radical (unpaired) electrons. The highest BCUT2D eigenvalue weighted by molar-refractivity contribution is 5.52. The molecule has 2 N–H and O–H groups in total. The van der Waals surface area contributed by atoms with Crippen molar-refractivity contribution in [2.45, 2.75) is 52.1 Å². The minimum Gasteiger partial charge on any atom is -0.476 e. The van der Waals surface area contributed by atoms with Crippen LogP contribution in [0.15, 0.2) is 0 Å². The molecule has 5 heteroatoms. The summed E-state index contributed by atoms with van der Waals surface area (Å²) in [5.41, 5.74) is 7.59. The Morgan fingerprint density at radius 2 is 2.26 bits per heavy atom. The number of anilines is 1. The minimum atomic E-state index is 0.657. The average Bonchev–Trinajstić information content (AvgIpc) is 2.89. The number of aromatic nitrogens is 2. The lowest BCUT2D eigenvalue weighted by molar-refractivity contribution is 0.221. The fraction of sp³-hybridized carbons (Fsp3) is 0.786. The molecule has 0 amide bonds. The van der Waals surface area contributed by atoms with E-state index in [1.807, 2.05) is 11.6 Å². The number of nitrogens with two attached hydrogens (primary N) is 1. The number of likely N-dealkylation sites (tertiary alicyclic amines) is 1. The van der Waals surface area contributed by atoms with Gasteiger partial charge in [-0.05, 0) is 46.2 Å². The van der Waals surface area contributed by atoms with E-state index in [0.29, 0.717) is 18.3 Å². The Bertz CT molecular complexity index is 416. The van der Waals surface area contributed by atoms with Gasteiger partial charge < -0.3 is 15.4 Å². The Labute approximate surface area is 115 Å². The standard InChI is InChI=1S/C14H26N4O/c1-4-8-18-14(13(15)11(2)16-18)19-10-7-12-6-5-9-17(12)3/h12H,4-10,15H2,1-3H3. The van der Waals surface area contributed by atoms with Gasteiger partial charge in [0.1, 0.15) is 5.69 Å². The van der Waals surface area contributed by atoms with Gasteiger partial charge in [0, 0.05) is 12.6 Å². The van der Waals surface area contributed by atoms with Crippen LogP contribution in [0.1, 0.15) is 38.3 Å². The zero-order valence-corrected chi connectivity index (χ0v) is 12.4. The summed E-state index contributed by atoms with van der Waals surface area (Å²) in [6.07, 6.45) is 4.67. The fourth-order valence-corrected chi connectivity index (χ4v) is 2.73. The first-order chi connectivity index (χ1) is 9.13. The maximum absolute atomic E-state index is 6.04. The monoisotopic (exact) mass is 266 g/mol. The summed E-state index contributed by atoms with van der Waals surface area (Å²) in [4.78, 5) is 2.42. The molecule has 108 valence electrons. The SMILES string of the molecule is CCCn1nc(C)c(N)c1OCCC1CCCN1C. The van der Waals surface area contributed by atoms with Gasteiger partial charge in [-0.3, -0.25) is 0 Å². The van der Waals surface area contributed by atoms with E-state index >= 15 is 0 Å². The average molecular weight is 266 g/mol. The van der Waals surface area contributed by atoms with Crippen LogP contribution >= 0.6 is 0 Å². The zero-order valence-electron chi connectivity index (χ0n) is 12.4. The smallest absolute Gasteiger partial charge is 0.236 e. The van der Waals surface area contributed by atoms with Crippen molar-refractivity contribution in [3.05, 3.63) is 5.69 Å². The van der Waals surface area contributed by atoms with Crippen molar-refractivity contribution >= 4 is 5.69 Å². The predicted octanol–water partition coefficient (Wildman–Crippen LogP) is 2.05. The third-order valence-corrected chi connectivity index (χ3v) is 3.92. The summed E-state index contributed by atoms with van der Waals surface area (Å²) in [5.74, 6) is 0.750. The highest BCUT2D eigenvalue weighted by atomic mass is 16.5. The first-order valence-corrected chi connectivity index (χ1v) is 7.29. The number of ether oxygens (including phenoxy) is 1. The normalized spacial score (nSPS) is 20.1. The van der Waals surface area contributed by atoms with Crippen LogP contribution in [-0.2, 0) is 6.54 Å². The first-order valence-electron chi connectivity index (χ1n) is 7.29. The zero-order chi connectivity index (χ0) is 13.8. The quantitative estimate of drug-likeness (QED) is 0.856. The van der Waals surface area contributed by atoms with Gasteiger partial charge in [-0.1, -0.05) is 6.92 Å². The molecule has 1 saturated heterocycles. The molecule has 0 aliphatic carbocycles. The van der Waals surface area contributed by atoms with Crippen molar-refractivity contribution in [1.29, 1.82) is 0 Å². The lowest BCUT2D eigenvalue weighted by Crippen LogP contribution is -2.26. The van der Waals surface area contributed by atoms with Crippen LogP contribution in [0, 0.1) is 6.92 Å². The summed E-state index contributed by atoms with van der Waals surface area (Å²) in [6, 6.07) is 0.657. The van der Waals surface area contributed by atoms with Gasteiger partial charge in [0.25, 0.3) is 0 Å². The van der Waals surface area contributed by atoms with Gasteiger partial charge in [0.05, 0.1) is 12.3 Å². The maximum atomic E-state index is 6.04. The molecule has 0 spiro atoms. The van der Waals surface area contributed by atoms with E-state index in [1.165, 1.54) is 19.4 Å². The van der Waals surface area contributed by atoms with E-state index in [4.69, 9.17) is 10.5 Å². The molecule has 0 aromatic carbocycles. The Balaban J connectivity index is 1.91. The molecule has 1 aromatic rings. The van der Waals surface area contributed by atoms with Gasteiger partial charge >= 0.3 is 0 Å². The summed E-state index contributed by atoms with van der Waals surface area (Å²) in [7, 11) is 2.19. The molecule has 5 nitrogen and oxygen atoms in total. The Kier molecular flexibility index (Phi) is 4.69. The highest BCUT2D eigenvalue weighted by Crippen LogP contribution is 2.26. The molecule has 2 heterocycles. The van der Waals surface area contributed by atoms with Crippen LogP contribution in [0.2, 0.25) is 0 Å². The lowest BCUT2D eigenvalue weighted by Gasteiger charge is -2.19. The predicted molar refractivity (Wildman–Crippen MR) is 77.4 cm³/mol. The summed E-state index contributed by atoms with van der Waals surface area (Å²) < 4.78 is 7.79. The third kappa shape index (κ3) is 3.21. The summed E-state index contributed by atoms with van der Waals surface area (Å²) >= 11 is 0. The second kappa shape index (κ2) is 6.28. The molecule has 1 aliphatic rings. The van der Waals surface area contributed by atoms with Crippen LogP contribution in [0.4, 0.5) is 5.69 Å².